The minimum absolute atomic E-state index is 0.0429. The molecule has 0 saturated carbocycles. The van der Waals surface area contributed by atoms with Gasteiger partial charge in [-0.1, -0.05) is 60.1 Å². The van der Waals surface area contributed by atoms with E-state index < -0.39 is 21.9 Å². The standard InChI is InChI=1S/C29H33ClFN3O4S/c1-3-32-29(36)27(20-22-10-5-4-6-11-22)33(21-23-12-7-8-13-26(23)31)28(35)14-9-19-34(39(2,37)38)25-17-15-24(30)16-18-25/h4-8,10-13,15-18,27H,3,9,14,19-21H2,1-2H3,(H,32,36). The summed E-state index contributed by atoms with van der Waals surface area (Å²) in [7, 11) is -3.63. The molecule has 1 unspecified atom stereocenters. The normalized spacial score (nSPS) is 12.0. The summed E-state index contributed by atoms with van der Waals surface area (Å²) >= 11 is 5.95. The molecule has 3 aromatic rings. The smallest absolute Gasteiger partial charge is 0.243 e. The lowest BCUT2D eigenvalue weighted by Crippen LogP contribution is -2.50. The van der Waals surface area contributed by atoms with E-state index in [9.17, 15) is 22.4 Å². The van der Waals surface area contributed by atoms with Gasteiger partial charge in [0.2, 0.25) is 21.8 Å². The zero-order valence-electron chi connectivity index (χ0n) is 22.0. The Morgan fingerprint density at radius 1 is 0.974 bits per heavy atom. The third kappa shape index (κ3) is 8.80. The Balaban J connectivity index is 1.86. The highest BCUT2D eigenvalue weighted by Gasteiger charge is 2.30. The lowest BCUT2D eigenvalue weighted by atomic mass is 10.0. The number of anilines is 1. The van der Waals surface area contributed by atoms with Gasteiger partial charge in [0.1, 0.15) is 11.9 Å². The summed E-state index contributed by atoms with van der Waals surface area (Å²) in [6.45, 7) is 2.10. The average Bonchev–Trinajstić information content (AvgIpc) is 2.90. The summed E-state index contributed by atoms with van der Waals surface area (Å²) in [5.74, 6) is -1.20. The summed E-state index contributed by atoms with van der Waals surface area (Å²) in [5, 5.41) is 3.27. The van der Waals surface area contributed by atoms with Gasteiger partial charge in [0.05, 0.1) is 11.9 Å². The van der Waals surface area contributed by atoms with E-state index in [1.165, 1.54) is 15.3 Å². The Hall–Kier alpha value is -3.43. The molecule has 10 heteroatoms. The van der Waals surface area contributed by atoms with Crippen LogP contribution in [-0.2, 0) is 32.6 Å². The topological polar surface area (TPSA) is 86.8 Å². The molecule has 1 atom stereocenters. The molecule has 0 bridgehead atoms. The Kier molecular flexibility index (Phi) is 10.9. The monoisotopic (exact) mass is 573 g/mol. The van der Waals surface area contributed by atoms with E-state index >= 15 is 0 Å². The molecule has 0 fully saturated rings. The van der Waals surface area contributed by atoms with Crippen LogP contribution in [-0.4, -0.2) is 50.5 Å². The highest BCUT2D eigenvalue weighted by atomic mass is 35.5. The molecule has 2 amide bonds. The van der Waals surface area contributed by atoms with Gasteiger partial charge in [-0.2, -0.15) is 0 Å². The Morgan fingerprint density at radius 2 is 1.62 bits per heavy atom. The van der Waals surface area contributed by atoms with Crippen molar-refractivity contribution in [1.29, 1.82) is 0 Å². The molecule has 3 aromatic carbocycles. The summed E-state index contributed by atoms with van der Waals surface area (Å²) in [6, 6.07) is 20.9. The Bertz CT molecular complexity index is 1350. The molecule has 0 aromatic heterocycles. The minimum atomic E-state index is -3.63. The second-order valence-corrected chi connectivity index (χ2v) is 11.5. The number of rotatable bonds is 13. The Morgan fingerprint density at radius 3 is 2.23 bits per heavy atom. The number of halogens is 2. The first-order chi connectivity index (χ1) is 18.6. The van der Waals surface area contributed by atoms with Gasteiger partial charge in [-0.15, -0.1) is 0 Å². The molecule has 0 aliphatic heterocycles. The number of nitrogens with one attached hydrogen (secondary N) is 1. The maximum absolute atomic E-state index is 14.6. The van der Waals surface area contributed by atoms with E-state index in [0.717, 1.165) is 11.8 Å². The number of hydrogen-bond donors (Lipinski definition) is 1. The van der Waals surface area contributed by atoms with Crippen molar-refractivity contribution >= 4 is 39.1 Å². The van der Waals surface area contributed by atoms with Gasteiger partial charge >= 0.3 is 0 Å². The maximum atomic E-state index is 14.6. The van der Waals surface area contributed by atoms with Gasteiger partial charge in [-0.3, -0.25) is 13.9 Å². The molecule has 208 valence electrons. The van der Waals surface area contributed by atoms with Gasteiger partial charge in [-0.25, -0.2) is 12.8 Å². The summed E-state index contributed by atoms with van der Waals surface area (Å²) in [6.07, 6.45) is 1.49. The molecule has 1 N–H and O–H groups in total. The van der Waals surface area contributed by atoms with Gasteiger partial charge in [0, 0.05) is 43.1 Å². The molecule has 39 heavy (non-hydrogen) atoms. The molecule has 7 nitrogen and oxygen atoms in total. The molecule has 0 aliphatic carbocycles. The molecular weight excluding hydrogens is 541 g/mol. The number of benzene rings is 3. The van der Waals surface area contributed by atoms with Crippen LogP contribution in [0.15, 0.2) is 78.9 Å². The van der Waals surface area contributed by atoms with Crippen LogP contribution in [0.2, 0.25) is 5.02 Å². The van der Waals surface area contributed by atoms with Crippen LogP contribution < -0.4 is 9.62 Å². The summed E-state index contributed by atoms with van der Waals surface area (Å²) < 4.78 is 40.8. The van der Waals surface area contributed by atoms with E-state index in [2.05, 4.69) is 5.32 Å². The largest absolute Gasteiger partial charge is 0.355 e. The maximum Gasteiger partial charge on any atom is 0.243 e. The van der Waals surface area contributed by atoms with E-state index in [0.29, 0.717) is 17.3 Å². The van der Waals surface area contributed by atoms with E-state index in [1.807, 2.05) is 30.3 Å². The van der Waals surface area contributed by atoms with Crippen molar-refractivity contribution in [3.8, 4) is 0 Å². The van der Waals surface area contributed by atoms with Gasteiger partial charge in [-0.05, 0) is 49.2 Å². The fourth-order valence-corrected chi connectivity index (χ4v) is 5.36. The average molecular weight is 574 g/mol. The van der Waals surface area contributed by atoms with Crippen LogP contribution in [0.1, 0.15) is 30.9 Å². The molecule has 0 heterocycles. The highest BCUT2D eigenvalue weighted by Crippen LogP contribution is 2.22. The van der Waals surface area contributed by atoms with Crippen LogP contribution in [0.5, 0.6) is 0 Å². The molecule has 0 spiro atoms. The Labute approximate surface area is 234 Å². The predicted octanol–water partition coefficient (Wildman–Crippen LogP) is 4.80. The van der Waals surface area contributed by atoms with Crippen molar-refractivity contribution in [2.75, 3.05) is 23.7 Å². The molecule has 0 saturated heterocycles. The van der Waals surface area contributed by atoms with Gasteiger partial charge in [0.15, 0.2) is 0 Å². The van der Waals surface area contributed by atoms with Crippen LogP contribution in [0, 0.1) is 5.82 Å². The fraction of sp³-hybridized carbons (Fsp3) is 0.310. The zero-order valence-corrected chi connectivity index (χ0v) is 23.6. The second-order valence-electron chi connectivity index (χ2n) is 9.13. The number of sulfonamides is 1. The highest BCUT2D eigenvalue weighted by molar-refractivity contribution is 7.92. The van der Waals surface area contributed by atoms with Crippen molar-refractivity contribution < 1.29 is 22.4 Å². The summed E-state index contributed by atoms with van der Waals surface area (Å²) in [5.41, 5.74) is 1.57. The quantitative estimate of drug-likeness (QED) is 0.318. The lowest BCUT2D eigenvalue weighted by molar-refractivity contribution is -0.141. The number of likely N-dealkylation sites (N-methyl/N-ethyl adjacent to an activating group) is 1. The van der Waals surface area contributed by atoms with Crippen LogP contribution in [0.4, 0.5) is 10.1 Å². The first-order valence-electron chi connectivity index (χ1n) is 12.7. The van der Waals surface area contributed by atoms with Crippen LogP contribution in [0.3, 0.4) is 0 Å². The molecule has 0 radical (unpaired) electrons. The number of carbonyl (C=O) groups excluding carboxylic acids is 2. The van der Waals surface area contributed by atoms with Crippen molar-refractivity contribution in [2.45, 2.75) is 38.8 Å². The zero-order chi connectivity index (χ0) is 28.4. The SMILES string of the molecule is CCNC(=O)C(Cc1ccccc1)N(Cc1ccccc1F)C(=O)CCCN(c1ccc(Cl)cc1)S(C)(=O)=O. The first kappa shape index (κ1) is 30.1. The van der Waals surface area contributed by atoms with E-state index in [-0.39, 0.29) is 49.7 Å². The van der Waals surface area contributed by atoms with Crippen LogP contribution >= 0.6 is 11.6 Å². The molecular formula is C29H33ClFN3O4S. The lowest BCUT2D eigenvalue weighted by Gasteiger charge is -2.32. The number of amides is 2. The minimum Gasteiger partial charge on any atom is -0.355 e. The van der Waals surface area contributed by atoms with Gasteiger partial charge < -0.3 is 10.2 Å². The molecule has 3 rings (SSSR count). The number of carbonyl (C=O) groups is 2. The van der Waals surface area contributed by atoms with Gasteiger partial charge in [0.25, 0.3) is 0 Å². The fourth-order valence-electron chi connectivity index (χ4n) is 4.27. The van der Waals surface area contributed by atoms with Crippen molar-refractivity contribution in [3.05, 3.63) is 101 Å². The number of nitrogens with zero attached hydrogens (tertiary/aromatic N) is 2. The predicted molar refractivity (Wildman–Crippen MR) is 152 cm³/mol. The molecule has 0 aliphatic rings. The van der Waals surface area contributed by atoms with E-state index in [4.69, 9.17) is 11.6 Å². The van der Waals surface area contributed by atoms with Crippen molar-refractivity contribution in [3.63, 3.8) is 0 Å². The van der Waals surface area contributed by atoms with Crippen LogP contribution in [0.25, 0.3) is 0 Å². The third-order valence-electron chi connectivity index (χ3n) is 6.19. The van der Waals surface area contributed by atoms with Crippen molar-refractivity contribution in [1.82, 2.24) is 10.2 Å². The van der Waals surface area contributed by atoms with Crippen molar-refractivity contribution in [2.24, 2.45) is 0 Å². The third-order valence-corrected chi connectivity index (χ3v) is 7.63. The second kappa shape index (κ2) is 14.1. The summed E-state index contributed by atoms with van der Waals surface area (Å²) in [4.78, 5) is 28.2. The van der Waals surface area contributed by atoms with E-state index in [1.54, 1.807) is 49.4 Å². The first-order valence-corrected chi connectivity index (χ1v) is 14.9. The number of hydrogen-bond acceptors (Lipinski definition) is 4.